The second kappa shape index (κ2) is 24.6. The van der Waals surface area contributed by atoms with Gasteiger partial charge >= 0.3 is 0 Å². The summed E-state index contributed by atoms with van der Waals surface area (Å²) in [5, 5.41) is 0. The molecule has 7 rings (SSSR count). The first-order valence-electron chi connectivity index (χ1n) is 21.1. The number of halogens is 2. The van der Waals surface area contributed by atoms with Gasteiger partial charge in [0.2, 0.25) is 0 Å². The van der Waals surface area contributed by atoms with Gasteiger partial charge in [-0.1, -0.05) is 162 Å². The summed E-state index contributed by atoms with van der Waals surface area (Å²) in [7, 11) is 0.770. The van der Waals surface area contributed by atoms with E-state index in [-0.39, 0.29) is 19.5 Å². The van der Waals surface area contributed by atoms with Gasteiger partial charge in [0.25, 0.3) is 0 Å². The van der Waals surface area contributed by atoms with Crippen molar-refractivity contribution in [2.24, 2.45) is 0 Å². The summed E-state index contributed by atoms with van der Waals surface area (Å²) in [6.07, 6.45) is 47.2. The van der Waals surface area contributed by atoms with Gasteiger partial charge in [-0.25, -0.2) is 0 Å². The van der Waals surface area contributed by atoms with E-state index < -0.39 is 4.84 Å². The smallest absolute Gasteiger partial charge is 0.100 e. The van der Waals surface area contributed by atoms with E-state index in [4.69, 9.17) is 23.2 Å². The maximum Gasteiger partial charge on any atom is 0.132 e. The van der Waals surface area contributed by atoms with Gasteiger partial charge in [-0.3, -0.25) is 0 Å². The molecule has 5 heteroatoms. The van der Waals surface area contributed by atoms with Gasteiger partial charge in [0, 0.05) is 19.5 Å². The molecule has 6 fully saturated rings. The van der Waals surface area contributed by atoms with Gasteiger partial charge in [0.1, 0.15) is 4.84 Å². The molecule has 0 nitrogen and oxygen atoms in total. The van der Waals surface area contributed by atoms with Gasteiger partial charge in [-0.2, -0.15) is 0 Å². The number of hydrogen-bond donors (Lipinski definition) is 0. The van der Waals surface area contributed by atoms with Crippen LogP contribution >= 0.6 is 39.0 Å². The zero-order valence-electron chi connectivity index (χ0n) is 30.6. The Hall–Kier alpha value is 1.28. The fourth-order valence-corrected chi connectivity index (χ4v) is 20.3. The molecule has 6 aliphatic carbocycles. The SMILES string of the molecule is C1CCC(P(C2CCCCC2)C2CCCCC2)CC1.C1CCC(P(C2CCCCC2)C2CCCCC2)CC1.ClC(Cl)c1ccccc1.[Ru]. The summed E-state index contributed by atoms with van der Waals surface area (Å²) < 4.78 is 0. The number of alkyl halides is 2. The van der Waals surface area contributed by atoms with Gasteiger partial charge in [0.15, 0.2) is 0 Å². The van der Waals surface area contributed by atoms with Crippen molar-refractivity contribution in [3.8, 4) is 0 Å². The molecule has 0 N–H and O–H groups in total. The summed E-state index contributed by atoms with van der Waals surface area (Å²) in [5.41, 5.74) is 8.08. The van der Waals surface area contributed by atoms with E-state index in [0.717, 1.165) is 5.56 Å². The third-order valence-electron chi connectivity index (χ3n) is 13.0. The maximum atomic E-state index is 5.57. The van der Waals surface area contributed by atoms with E-state index in [9.17, 15) is 0 Å². The molecule has 0 aromatic heterocycles. The molecular formula is C43H72Cl2P2Ru. The first kappa shape index (κ1) is 42.0. The molecule has 48 heavy (non-hydrogen) atoms. The quantitative estimate of drug-likeness (QED) is 0.146. The Morgan fingerprint density at radius 2 is 0.562 bits per heavy atom. The Bertz CT molecular complexity index is 770. The largest absolute Gasteiger partial charge is 0.132 e. The Morgan fingerprint density at radius 1 is 0.354 bits per heavy atom. The van der Waals surface area contributed by atoms with Gasteiger partial charge in [-0.15, -0.1) is 23.2 Å². The van der Waals surface area contributed by atoms with Crippen LogP contribution in [0.4, 0.5) is 0 Å². The Kier molecular flexibility index (Phi) is 21.5. The molecule has 0 bridgehead atoms. The van der Waals surface area contributed by atoms with Gasteiger partial charge in [-0.05, 0) is 117 Å². The number of benzene rings is 1. The molecule has 0 unspecified atom stereocenters. The Labute approximate surface area is 323 Å². The minimum atomic E-state index is -0.397. The van der Waals surface area contributed by atoms with Crippen LogP contribution in [0.15, 0.2) is 30.3 Å². The molecular weight excluding hydrogens is 750 g/mol. The van der Waals surface area contributed by atoms with Crippen LogP contribution in [0.3, 0.4) is 0 Å². The van der Waals surface area contributed by atoms with Gasteiger partial charge in [0.05, 0.1) is 0 Å². The second-order valence-corrected chi connectivity index (χ2v) is 23.6. The standard InChI is InChI=1S/2C18H33P.C7H6Cl2.Ru/c2*1-4-10-16(11-5-1)19(17-12-6-2-7-13-17)18-14-8-3-9-15-18;8-7(9)6-4-2-1-3-5-6;/h2*16-18H,1-15H2;1-5,7H;. The third-order valence-corrected chi connectivity index (χ3v) is 21.7. The molecule has 276 valence electrons. The van der Waals surface area contributed by atoms with E-state index >= 15 is 0 Å². The van der Waals surface area contributed by atoms with Crippen LogP contribution in [0, 0.1) is 0 Å². The van der Waals surface area contributed by atoms with E-state index in [2.05, 4.69) is 0 Å². The maximum absolute atomic E-state index is 5.57. The van der Waals surface area contributed by atoms with Crippen LogP contribution in [0.5, 0.6) is 0 Å². The fraction of sp³-hybridized carbons (Fsp3) is 0.860. The predicted octanol–water partition coefficient (Wildman–Crippen LogP) is 16.1. The minimum Gasteiger partial charge on any atom is -0.100 e. The van der Waals surface area contributed by atoms with Crippen molar-refractivity contribution in [2.75, 3.05) is 0 Å². The van der Waals surface area contributed by atoms with Crippen LogP contribution in [0.1, 0.15) is 203 Å². The molecule has 0 atom stereocenters. The first-order chi connectivity index (χ1) is 23.2. The number of hydrogen-bond acceptors (Lipinski definition) is 0. The van der Waals surface area contributed by atoms with Crippen LogP contribution in [0.25, 0.3) is 0 Å². The van der Waals surface area contributed by atoms with Crippen molar-refractivity contribution < 1.29 is 19.5 Å². The number of rotatable bonds is 7. The zero-order valence-corrected chi connectivity index (χ0v) is 35.7. The van der Waals surface area contributed by atoms with Crippen molar-refractivity contribution in [1.82, 2.24) is 0 Å². The minimum absolute atomic E-state index is 0. The van der Waals surface area contributed by atoms with Crippen LogP contribution in [-0.2, 0) is 19.5 Å². The van der Waals surface area contributed by atoms with Crippen molar-refractivity contribution in [3.05, 3.63) is 35.9 Å². The molecule has 6 saturated carbocycles. The molecule has 0 heterocycles. The van der Waals surface area contributed by atoms with Crippen molar-refractivity contribution >= 4 is 39.0 Å². The molecule has 6 aliphatic rings. The predicted molar refractivity (Wildman–Crippen MR) is 216 cm³/mol. The molecule has 0 radical (unpaired) electrons. The van der Waals surface area contributed by atoms with Crippen LogP contribution in [-0.4, -0.2) is 34.0 Å². The van der Waals surface area contributed by atoms with E-state index in [0.29, 0.717) is 15.8 Å². The fourth-order valence-electron chi connectivity index (χ4n) is 10.7. The first-order valence-corrected chi connectivity index (χ1v) is 25.1. The summed E-state index contributed by atoms with van der Waals surface area (Å²) >= 11 is 11.1. The summed E-state index contributed by atoms with van der Waals surface area (Å²) in [5.74, 6) is 0. The topological polar surface area (TPSA) is 0 Å². The Morgan fingerprint density at radius 3 is 0.729 bits per heavy atom. The van der Waals surface area contributed by atoms with Gasteiger partial charge < -0.3 is 0 Å². The van der Waals surface area contributed by atoms with E-state index in [1.165, 1.54) is 72.5 Å². The average molecular weight is 823 g/mol. The summed E-state index contributed by atoms with van der Waals surface area (Å²) in [4.78, 5) is -0.397. The van der Waals surface area contributed by atoms with Crippen molar-refractivity contribution in [2.45, 2.75) is 231 Å². The summed E-state index contributed by atoms with van der Waals surface area (Å²) in [6, 6.07) is 9.54. The molecule has 0 saturated heterocycles. The molecule has 0 aliphatic heterocycles. The second-order valence-electron chi connectivity index (χ2n) is 16.4. The molecule has 0 amide bonds. The zero-order chi connectivity index (χ0) is 32.5. The molecule has 1 aromatic rings. The van der Waals surface area contributed by atoms with Crippen LogP contribution in [0.2, 0.25) is 0 Å². The monoisotopic (exact) mass is 822 g/mol. The van der Waals surface area contributed by atoms with E-state index in [1.807, 2.05) is 30.3 Å². The third kappa shape index (κ3) is 13.9. The average Bonchev–Trinajstić information content (AvgIpc) is 3.15. The Balaban J connectivity index is 0.000000171. The summed E-state index contributed by atoms with van der Waals surface area (Å²) in [6.45, 7) is 0. The van der Waals surface area contributed by atoms with Crippen molar-refractivity contribution in [3.63, 3.8) is 0 Å². The van der Waals surface area contributed by atoms with Crippen LogP contribution < -0.4 is 0 Å². The van der Waals surface area contributed by atoms with E-state index in [1.54, 1.807) is 154 Å². The molecule has 1 aromatic carbocycles. The van der Waals surface area contributed by atoms with Crippen molar-refractivity contribution in [1.29, 1.82) is 0 Å². The molecule has 0 spiro atoms. The normalized spacial score (nSPS) is 24.8.